The number of carbonyl (C=O) groups excluding carboxylic acids is 2. The molecule has 1 aliphatic rings. The van der Waals surface area contributed by atoms with Crippen LogP contribution in [0.25, 0.3) is 0 Å². The van der Waals surface area contributed by atoms with Gasteiger partial charge in [-0.25, -0.2) is 0 Å². The first-order chi connectivity index (χ1) is 17.9. The van der Waals surface area contributed by atoms with E-state index in [0.29, 0.717) is 41.7 Å². The van der Waals surface area contributed by atoms with Crippen LogP contribution in [-0.4, -0.2) is 71.3 Å². The van der Waals surface area contributed by atoms with Crippen LogP contribution < -0.4 is 29.2 Å². The number of hydrogen-bond donors (Lipinski definition) is 1. The van der Waals surface area contributed by atoms with Crippen molar-refractivity contribution in [1.29, 1.82) is 0 Å². The van der Waals surface area contributed by atoms with Gasteiger partial charge in [-0.05, 0) is 37.2 Å². The van der Waals surface area contributed by atoms with Crippen molar-refractivity contribution in [2.24, 2.45) is 5.92 Å². The molecule has 37 heavy (non-hydrogen) atoms. The predicted molar refractivity (Wildman–Crippen MR) is 143 cm³/mol. The van der Waals surface area contributed by atoms with Crippen molar-refractivity contribution in [3.05, 3.63) is 42.0 Å². The normalized spacial score (nSPS) is 17.5. The summed E-state index contributed by atoms with van der Waals surface area (Å²) in [4.78, 5) is 30.9. The average molecular weight is 514 g/mol. The molecule has 0 aliphatic carbocycles. The average Bonchev–Trinajstić information content (AvgIpc) is 2.94. The number of rotatable bonds is 12. The molecule has 0 radical (unpaired) electrons. The molecule has 0 saturated carbocycles. The minimum atomic E-state index is -0.525. The monoisotopic (exact) mass is 513 g/mol. The molecule has 1 aliphatic heterocycles. The molecule has 0 aromatic heterocycles. The fraction of sp³-hybridized carbons (Fsp3) is 0.500. The number of likely N-dealkylation sites (N-methyl/N-ethyl adjacent to an activating group) is 1. The fourth-order valence-electron chi connectivity index (χ4n) is 4.87. The second-order valence-corrected chi connectivity index (χ2v) is 8.83. The highest BCUT2D eigenvalue weighted by molar-refractivity contribution is 5.98. The highest BCUT2D eigenvalue weighted by Gasteiger charge is 2.42. The first-order valence-electron chi connectivity index (χ1n) is 12.7. The van der Waals surface area contributed by atoms with Gasteiger partial charge in [-0.3, -0.25) is 9.59 Å². The number of piperidine rings is 1. The van der Waals surface area contributed by atoms with Crippen LogP contribution in [0.5, 0.6) is 23.0 Å². The van der Waals surface area contributed by atoms with Gasteiger partial charge in [-0.15, -0.1) is 0 Å². The lowest BCUT2D eigenvalue weighted by atomic mass is 9.83. The van der Waals surface area contributed by atoms with E-state index >= 15 is 0 Å². The van der Waals surface area contributed by atoms with Gasteiger partial charge >= 0.3 is 0 Å². The van der Waals surface area contributed by atoms with Crippen LogP contribution in [-0.2, 0) is 9.59 Å². The Balaban J connectivity index is 2.04. The summed E-state index contributed by atoms with van der Waals surface area (Å²) < 4.78 is 21.9. The van der Waals surface area contributed by atoms with Crippen LogP contribution in [0.15, 0.2) is 36.4 Å². The van der Waals surface area contributed by atoms with E-state index in [9.17, 15) is 9.59 Å². The summed E-state index contributed by atoms with van der Waals surface area (Å²) in [7, 11) is 6.21. The second-order valence-electron chi connectivity index (χ2n) is 8.83. The van der Waals surface area contributed by atoms with E-state index in [1.807, 2.05) is 24.3 Å². The minimum absolute atomic E-state index is 0.0714. The van der Waals surface area contributed by atoms with Crippen LogP contribution in [0.3, 0.4) is 0 Å². The van der Waals surface area contributed by atoms with Crippen molar-refractivity contribution in [3.8, 4) is 23.0 Å². The quantitative estimate of drug-likeness (QED) is 0.463. The Morgan fingerprint density at radius 2 is 1.59 bits per heavy atom. The van der Waals surface area contributed by atoms with Crippen molar-refractivity contribution in [1.82, 2.24) is 10.2 Å². The molecule has 2 aromatic carbocycles. The fourth-order valence-corrected chi connectivity index (χ4v) is 4.87. The molecular weight excluding hydrogens is 474 g/mol. The summed E-state index contributed by atoms with van der Waals surface area (Å²) in [6.45, 7) is 7.38. The smallest absolute Gasteiger partial charge is 0.227 e. The molecule has 1 fully saturated rings. The SMILES string of the molecule is CCN(CC)CCNC(=O)[C@H]1CCC(=O)N(c2cc(OC)c(OC)c(OC)c2)[C@@H]1c1ccc(OC)cc1. The Morgan fingerprint density at radius 3 is 2.11 bits per heavy atom. The predicted octanol–water partition coefficient (Wildman–Crippen LogP) is 3.66. The molecule has 1 saturated heterocycles. The lowest BCUT2D eigenvalue weighted by molar-refractivity contribution is -0.129. The maximum atomic E-state index is 13.5. The lowest BCUT2D eigenvalue weighted by Gasteiger charge is -2.41. The molecule has 2 aromatic rings. The van der Waals surface area contributed by atoms with Gasteiger partial charge in [0.15, 0.2) is 11.5 Å². The van der Waals surface area contributed by atoms with E-state index in [2.05, 4.69) is 24.1 Å². The van der Waals surface area contributed by atoms with Crippen molar-refractivity contribution in [3.63, 3.8) is 0 Å². The number of amides is 2. The third-order valence-corrected chi connectivity index (χ3v) is 6.94. The van der Waals surface area contributed by atoms with Gasteiger partial charge in [0.1, 0.15) is 5.75 Å². The molecule has 2 atom stereocenters. The number of benzene rings is 2. The molecule has 9 heteroatoms. The Kier molecular flexibility index (Phi) is 10.0. The summed E-state index contributed by atoms with van der Waals surface area (Å²) in [6, 6.07) is 10.5. The topological polar surface area (TPSA) is 89.6 Å². The Hall–Kier alpha value is -3.46. The molecule has 1 N–H and O–H groups in total. The zero-order valence-corrected chi connectivity index (χ0v) is 22.7. The number of anilines is 1. The molecule has 9 nitrogen and oxygen atoms in total. The van der Waals surface area contributed by atoms with Crippen LogP contribution in [0.1, 0.15) is 38.3 Å². The van der Waals surface area contributed by atoms with Crippen LogP contribution in [0, 0.1) is 5.92 Å². The molecule has 0 spiro atoms. The number of methoxy groups -OCH3 is 4. The lowest BCUT2D eigenvalue weighted by Crippen LogP contribution is -2.49. The highest BCUT2D eigenvalue weighted by atomic mass is 16.5. The van der Waals surface area contributed by atoms with Gasteiger partial charge in [0.25, 0.3) is 0 Å². The summed E-state index contributed by atoms with van der Waals surface area (Å²) in [6.07, 6.45) is 0.699. The maximum absolute atomic E-state index is 13.5. The zero-order valence-electron chi connectivity index (χ0n) is 22.7. The summed E-state index contributed by atoms with van der Waals surface area (Å²) in [5, 5.41) is 3.11. The molecule has 1 heterocycles. The van der Waals surface area contributed by atoms with Gasteiger partial charge in [-0.2, -0.15) is 0 Å². The molecule has 0 unspecified atom stereocenters. The number of nitrogens with zero attached hydrogens (tertiary/aromatic N) is 2. The van der Waals surface area contributed by atoms with Crippen LogP contribution in [0.2, 0.25) is 0 Å². The van der Waals surface area contributed by atoms with Crippen molar-refractivity contribution in [2.45, 2.75) is 32.7 Å². The summed E-state index contributed by atoms with van der Waals surface area (Å²) in [5.41, 5.74) is 1.41. The third-order valence-electron chi connectivity index (χ3n) is 6.94. The van der Waals surface area contributed by atoms with E-state index in [0.717, 1.165) is 25.2 Å². The van der Waals surface area contributed by atoms with Crippen LogP contribution >= 0.6 is 0 Å². The molecule has 0 bridgehead atoms. The third kappa shape index (κ3) is 6.28. The van der Waals surface area contributed by atoms with Gasteiger partial charge in [-0.1, -0.05) is 26.0 Å². The Morgan fingerprint density at radius 1 is 0.973 bits per heavy atom. The zero-order chi connectivity index (χ0) is 26.9. The largest absolute Gasteiger partial charge is 0.497 e. The number of carbonyl (C=O) groups is 2. The second kappa shape index (κ2) is 13.2. The van der Waals surface area contributed by atoms with E-state index in [-0.39, 0.29) is 18.2 Å². The minimum Gasteiger partial charge on any atom is -0.497 e. The van der Waals surface area contributed by atoms with Gasteiger partial charge < -0.3 is 34.1 Å². The highest BCUT2D eigenvalue weighted by Crippen LogP contribution is 2.46. The number of nitrogens with one attached hydrogen (secondary N) is 1. The van der Waals surface area contributed by atoms with Crippen LogP contribution in [0.4, 0.5) is 5.69 Å². The molecule has 202 valence electrons. The van der Waals surface area contributed by atoms with Gasteiger partial charge in [0, 0.05) is 31.6 Å². The molecule has 3 rings (SSSR count). The molecule has 2 amide bonds. The van der Waals surface area contributed by atoms with Crippen molar-refractivity contribution < 1.29 is 28.5 Å². The van der Waals surface area contributed by atoms with Gasteiger partial charge in [0.05, 0.1) is 46.1 Å². The molecular formula is C28H39N3O6. The Labute approximate surface area is 219 Å². The van der Waals surface area contributed by atoms with E-state index in [1.54, 1.807) is 24.1 Å². The maximum Gasteiger partial charge on any atom is 0.227 e. The Bertz CT molecular complexity index is 1030. The standard InChI is InChI=1S/C28H39N3O6/c1-7-30(8-2)16-15-29-28(33)22-13-14-25(32)31(26(22)19-9-11-21(34-3)12-10-19)20-17-23(35-4)27(37-6)24(18-20)36-5/h9-12,17-18,22,26H,7-8,13-16H2,1-6H3,(H,29,33)/t22-,26+/m0/s1. The van der Waals surface area contributed by atoms with Crippen molar-refractivity contribution >= 4 is 17.5 Å². The summed E-state index contributed by atoms with van der Waals surface area (Å²) >= 11 is 0. The van der Waals surface area contributed by atoms with E-state index < -0.39 is 12.0 Å². The first-order valence-corrected chi connectivity index (χ1v) is 12.7. The van der Waals surface area contributed by atoms with E-state index in [1.165, 1.54) is 21.3 Å². The summed E-state index contributed by atoms with van der Waals surface area (Å²) in [5.74, 6) is 1.41. The van der Waals surface area contributed by atoms with Gasteiger partial charge in [0.2, 0.25) is 17.6 Å². The van der Waals surface area contributed by atoms with Crippen molar-refractivity contribution in [2.75, 3.05) is 59.5 Å². The number of ether oxygens (including phenoxy) is 4. The van der Waals surface area contributed by atoms with E-state index in [4.69, 9.17) is 18.9 Å². The first kappa shape index (κ1) is 28.1. The number of hydrogen-bond acceptors (Lipinski definition) is 7.